The lowest BCUT2D eigenvalue weighted by atomic mass is 9.94. The van der Waals surface area contributed by atoms with Gasteiger partial charge in [0.05, 0.1) is 11.1 Å². The molecular weight excluding hydrogens is 480 g/mol. The van der Waals surface area contributed by atoms with Crippen LogP contribution in [-0.4, -0.2) is 59.8 Å². The standard InChI is InChI=1S/C26H25BrN4O2/c1-16-21(26(33)31-12-10-30(2)11-13-31)15-28-23(16)14-20-24-19(17-6-8-18(27)9-7-17)4-3-5-22(24)29-25(20)32/h3-9,14-15,28H,10-13H2,1-2H3,(H,29,32)/b20-14-. The summed E-state index contributed by atoms with van der Waals surface area (Å²) < 4.78 is 1.00. The van der Waals surface area contributed by atoms with Crippen molar-refractivity contribution >= 4 is 45.1 Å². The first-order chi connectivity index (χ1) is 15.9. The van der Waals surface area contributed by atoms with Gasteiger partial charge in [-0.1, -0.05) is 40.2 Å². The summed E-state index contributed by atoms with van der Waals surface area (Å²) in [6.07, 6.45) is 3.62. The molecule has 5 rings (SSSR count). The third kappa shape index (κ3) is 4.03. The molecule has 33 heavy (non-hydrogen) atoms. The zero-order chi connectivity index (χ0) is 23.1. The fourth-order valence-electron chi connectivity index (χ4n) is 4.47. The van der Waals surface area contributed by atoms with E-state index in [-0.39, 0.29) is 11.8 Å². The number of rotatable bonds is 3. The second-order valence-electron chi connectivity index (χ2n) is 8.58. The van der Waals surface area contributed by atoms with Crippen LogP contribution in [0.4, 0.5) is 5.69 Å². The minimum absolute atomic E-state index is 0.0355. The molecule has 1 aromatic heterocycles. The molecule has 6 nitrogen and oxygen atoms in total. The van der Waals surface area contributed by atoms with E-state index in [1.165, 1.54) is 0 Å². The Kier molecular flexibility index (Phi) is 5.68. The van der Waals surface area contributed by atoms with E-state index in [0.717, 1.165) is 64.3 Å². The Morgan fingerprint density at radius 3 is 2.52 bits per heavy atom. The van der Waals surface area contributed by atoms with E-state index in [9.17, 15) is 9.59 Å². The number of carbonyl (C=O) groups is 2. The van der Waals surface area contributed by atoms with Crippen LogP contribution < -0.4 is 5.32 Å². The molecule has 7 heteroatoms. The molecular formula is C26H25BrN4O2. The number of fused-ring (bicyclic) bond motifs is 1. The van der Waals surface area contributed by atoms with Crippen LogP contribution in [0, 0.1) is 6.92 Å². The summed E-state index contributed by atoms with van der Waals surface area (Å²) in [4.78, 5) is 33.4. The Labute approximate surface area is 201 Å². The van der Waals surface area contributed by atoms with Crippen LogP contribution >= 0.6 is 15.9 Å². The van der Waals surface area contributed by atoms with Crippen molar-refractivity contribution in [2.45, 2.75) is 6.92 Å². The molecule has 0 unspecified atom stereocenters. The minimum atomic E-state index is -0.143. The van der Waals surface area contributed by atoms with Crippen molar-refractivity contribution in [1.82, 2.24) is 14.8 Å². The van der Waals surface area contributed by atoms with Gasteiger partial charge in [-0.15, -0.1) is 0 Å². The molecule has 0 spiro atoms. The van der Waals surface area contributed by atoms with E-state index in [4.69, 9.17) is 0 Å². The predicted octanol–water partition coefficient (Wildman–Crippen LogP) is 4.63. The second kappa shape index (κ2) is 8.65. The highest BCUT2D eigenvalue weighted by molar-refractivity contribution is 9.10. The molecule has 2 N–H and O–H groups in total. The van der Waals surface area contributed by atoms with Crippen molar-refractivity contribution in [2.75, 3.05) is 38.5 Å². The summed E-state index contributed by atoms with van der Waals surface area (Å²) in [6.45, 7) is 5.13. The first kappa shape index (κ1) is 21.7. The highest BCUT2D eigenvalue weighted by Gasteiger charge is 2.28. The zero-order valence-electron chi connectivity index (χ0n) is 18.6. The van der Waals surface area contributed by atoms with Gasteiger partial charge in [0, 0.05) is 53.8 Å². The number of carbonyl (C=O) groups excluding carboxylic acids is 2. The van der Waals surface area contributed by atoms with Crippen LogP contribution in [0.15, 0.2) is 53.1 Å². The lowest BCUT2D eigenvalue weighted by molar-refractivity contribution is -0.110. The number of hydrogen-bond donors (Lipinski definition) is 2. The molecule has 0 aliphatic carbocycles. The molecule has 0 saturated carbocycles. The van der Waals surface area contributed by atoms with Gasteiger partial charge in [-0.3, -0.25) is 9.59 Å². The maximum absolute atomic E-state index is 13.1. The maximum Gasteiger partial charge on any atom is 0.256 e. The van der Waals surface area contributed by atoms with E-state index in [2.05, 4.69) is 38.2 Å². The van der Waals surface area contributed by atoms with E-state index in [0.29, 0.717) is 11.1 Å². The van der Waals surface area contributed by atoms with Gasteiger partial charge in [0.1, 0.15) is 0 Å². The van der Waals surface area contributed by atoms with Gasteiger partial charge in [0.2, 0.25) is 0 Å². The first-order valence-electron chi connectivity index (χ1n) is 11.0. The van der Waals surface area contributed by atoms with Crippen molar-refractivity contribution in [1.29, 1.82) is 0 Å². The third-order valence-electron chi connectivity index (χ3n) is 6.47. The molecule has 2 aliphatic rings. The first-order valence-corrected chi connectivity index (χ1v) is 11.8. The normalized spacial score (nSPS) is 17.4. The van der Waals surface area contributed by atoms with Gasteiger partial charge in [-0.2, -0.15) is 0 Å². The quantitative estimate of drug-likeness (QED) is 0.510. The number of aromatic nitrogens is 1. The van der Waals surface area contributed by atoms with Crippen molar-refractivity contribution in [3.63, 3.8) is 0 Å². The van der Waals surface area contributed by atoms with Crippen LogP contribution in [0.5, 0.6) is 0 Å². The maximum atomic E-state index is 13.1. The molecule has 2 amide bonds. The Bertz CT molecular complexity index is 1270. The number of benzene rings is 2. The number of likely N-dealkylation sites (N-methyl/N-ethyl adjacent to an activating group) is 1. The predicted molar refractivity (Wildman–Crippen MR) is 135 cm³/mol. The lowest BCUT2D eigenvalue weighted by Crippen LogP contribution is -2.47. The number of H-pyrrole nitrogens is 1. The van der Waals surface area contributed by atoms with Crippen molar-refractivity contribution in [2.24, 2.45) is 0 Å². The summed E-state index contributed by atoms with van der Waals surface area (Å²) >= 11 is 3.48. The number of amides is 2. The van der Waals surface area contributed by atoms with Crippen LogP contribution in [0.2, 0.25) is 0 Å². The van der Waals surface area contributed by atoms with E-state index in [1.807, 2.05) is 60.4 Å². The number of nitrogens with zero attached hydrogens (tertiary/aromatic N) is 2. The number of anilines is 1. The van der Waals surface area contributed by atoms with Gasteiger partial charge in [-0.05, 0) is 54.9 Å². The average molecular weight is 505 g/mol. The largest absolute Gasteiger partial charge is 0.361 e. The SMILES string of the molecule is Cc1c(C(=O)N2CCN(C)CC2)c[nH]c1/C=C1\C(=O)Nc2cccc(-c3ccc(Br)cc3)c21. The summed E-state index contributed by atoms with van der Waals surface area (Å²) in [5, 5.41) is 2.98. The monoisotopic (exact) mass is 504 g/mol. The zero-order valence-corrected chi connectivity index (χ0v) is 20.2. The van der Waals surface area contributed by atoms with Crippen LogP contribution in [0.1, 0.15) is 27.2 Å². The molecule has 0 bridgehead atoms. The Morgan fingerprint density at radius 1 is 1.06 bits per heavy atom. The number of nitrogens with one attached hydrogen (secondary N) is 2. The molecule has 2 aliphatic heterocycles. The third-order valence-corrected chi connectivity index (χ3v) is 7.00. The number of piperazine rings is 1. The van der Waals surface area contributed by atoms with Gasteiger partial charge in [0.25, 0.3) is 11.8 Å². The minimum Gasteiger partial charge on any atom is -0.361 e. The molecule has 1 saturated heterocycles. The van der Waals surface area contributed by atoms with Gasteiger partial charge >= 0.3 is 0 Å². The van der Waals surface area contributed by atoms with Gasteiger partial charge < -0.3 is 20.1 Å². The summed E-state index contributed by atoms with van der Waals surface area (Å²) in [5.41, 5.74) is 6.58. The Hall–Kier alpha value is -3.16. The van der Waals surface area contributed by atoms with Crippen LogP contribution in [0.3, 0.4) is 0 Å². The molecule has 0 atom stereocenters. The number of halogens is 1. The lowest BCUT2D eigenvalue weighted by Gasteiger charge is -2.32. The summed E-state index contributed by atoms with van der Waals surface area (Å²) in [7, 11) is 2.07. The Morgan fingerprint density at radius 2 is 1.79 bits per heavy atom. The highest BCUT2D eigenvalue weighted by Crippen LogP contribution is 2.40. The fraction of sp³-hybridized carbons (Fsp3) is 0.231. The van der Waals surface area contributed by atoms with Crippen LogP contribution in [-0.2, 0) is 4.79 Å². The molecule has 2 aromatic carbocycles. The van der Waals surface area contributed by atoms with Gasteiger partial charge in [-0.25, -0.2) is 0 Å². The summed E-state index contributed by atoms with van der Waals surface area (Å²) in [6, 6.07) is 14.0. The summed E-state index contributed by atoms with van der Waals surface area (Å²) in [5.74, 6) is -0.108. The number of hydrogen-bond acceptors (Lipinski definition) is 3. The molecule has 0 radical (unpaired) electrons. The average Bonchev–Trinajstić information content (AvgIpc) is 3.34. The molecule has 3 heterocycles. The second-order valence-corrected chi connectivity index (χ2v) is 9.50. The van der Waals surface area contributed by atoms with Crippen molar-refractivity contribution in [3.8, 4) is 11.1 Å². The topological polar surface area (TPSA) is 68.4 Å². The van der Waals surface area contributed by atoms with Gasteiger partial charge in [0.15, 0.2) is 0 Å². The highest BCUT2D eigenvalue weighted by atomic mass is 79.9. The fourth-order valence-corrected chi connectivity index (χ4v) is 4.73. The smallest absolute Gasteiger partial charge is 0.256 e. The van der Waals surface area contributed by atoms with Crippen molar-refractivity contribution < 1.29 is 9.59 Å². The number of aromatic amines is 1. The Balaban J connectivity index is 1.51. The molecule has 3 aromatic rings. The van der Waals surface area contributed by atoms with E-state index in [1.54, 1.807) is 6.20 Å². The molecule has 1 fully saturated rings. The molecule has 168 valence electrons. The van der Waals surface area contributed by atoms with Crippen LogP contribution in [0.25, 0.3) is 22.8 Å². The van der Waals surface area contributed by atoms with E-state index >= 15 is 0 Å². The van der Waals surface area contributed by atoms with Crippen molar-refractivity contribution in [3.05, 3.63) is 75.5 Å². The van der Waals surface area contributed by atoms with E-state index < -0.39 is 0 Å².